The minimum atomic E-state index is -0.269. The highest BCUT2D eigenvalue weighted by atomic mass is 32.1. The summed E-state index contributed by atoms with van der Waals surface area (Å²) in [5.41, 5.74) is 2.26. The molecule has 2 aromatic heterocycles. The highest BCUT2D eigenvalue weighted by molar-refractivity contribution is 7.15. The number of aromatic nitrogens is 2. The molecule has 0 saturated carbocycles. The predicted molar refractivity (Wildman–Crippen MR) is 92.8 cm³/mol. The molecule has 6 heteroatoms. The maximum absolute atomic E-state index is 13.1. The van der Waals surface area contributed by atoms with Crippen LogP contribution in [0.3, 0.4) is 0 Å². The fourth-order valence-corrected chi connectivity index (χ4v) is 3.92. The lowest BCUT2D eigenvalue weighted by molar-refractivity contribution is 0.0690. The lowest BCUT2D eigenvalue weighted by atomic mass is 9.99. The fourth-order valence-electron chi connectivity index (χ4n) is 3.07. The molecule has 4 nitrogen and oxygen atoms in total. The number of benzene rings is 1. The first-order valence-corrected chi connectivity index (χ1v) is 9.01. The summed E-state index contributed by atoms with van der Waals surface area (Å²) in [6.07, 6.45) is 3.98. The monoisotopic (exact) mass is 343 g/mol. The minimum Gasteiger partial charge on any atom is -0.337 e. The summed E-state index contributed by atoms with van der Waals surface area (Å²) >= 11 is 1.46. The van der Waals surface area contributed by atoms with E-state index in [1.165, 1.54) is 23.5 Å². The molecule has 0 aliphatic carbocycles. The molecule has 0 spiro atoms. The number of nitrogens with zero attached hydrogens (tertiary/aromatic N) is 3. The molecule has 1 amide bonds. The fraction of sp³-hybridized carbons (Fsp3) is 0.333. The van der Waals surface area contributed by atoms with Crippen molar-refractivity contribution < 1.29 is 9.18 Å². The van der Waals surface area contributed by atoms with Crippen molar-refractivity contribution in [3.05, 3.63) is 47.4 Å². The summed E-state index contributed by atoms with van der Waals surface area (Å²) in [5, 5.41) is 1.87. The third-order valence-electron chi connectivity index (χ3n) is 4.64. The van der Waals surface area contributed by atoms with E-state index in [-0.39, 0.29) is 11.7 Å². The third kappa shape index (κ3) is 2.71. The standard InChI is InChI=1S/C18H18FN3OS/c1-12-6-8-21(9-7-12)17(23)16-11-24-18-20-15(10-22(16)18)13-2-4-14(19)5-3-13/h2-5,10-12H,6-9H2,1H3. The summed E-state index contributed by atoms with van der Waals surface area (Å²) < 4.78 is 14.9. The van der Waals surface area contributed by atoms with Crippen molar-refractivity contribution in [2.24, 2.45) is 5.92 Å². The molecule has 3 heterocycles. The lowest BCUT2D eigenvalue weighted by Gasteiger charge is -2.30. The van der Waals surface area contributed by atoms with E-state index in [0.717, 1.165) is 42.1 Å². The van der Waals surface area contributed by atoms with Gasteiger partial charge in [-0.1, -0.05) is 6.92 Å². The van der Waals surface area contributed by atoms with Crippen LogP contribution in [0.2, 0.25) is 0 Å². The van der Waals surface area contributed by atoms with Crippen molar-refractivity contribution >= 4 is 22.2 Å². The largest absolute Gasteiger partial charge is 0.337 e. The first-order valence-electron chi connectivity index (χ1n) is 8.13. The number of hydrogen-bond donors (Lipinski definition) is 0. The molecule has 24 heavy (non-hydrogen) atoms. The Balaban J connectivity index is 1.65. The molecule has 0 atom stereocenters. The molecule has 0 radical (unpaired) electrons. The topological polar surface area (TPSA) is 37.6 Å². The van der Waals surface area contributed by atoms with Gasteiger partial charge in [0.2, 0.25) is 0 Å². The Bertz CT molecular complexity index is 875. The van der Waals surface area contributed by atoms with Crippen LogP contribution in [0.4, 0.5) is 4.39 Å². The molecule has 0 bridgehead atoms. The van der Waals surface area contributed by atoms with Gasteiger partial charge in [0.1, 0.15) is 11.5 Å². The number of rotatable bonds is 2. The van der Waals surface area contributed by atoms with Gasteiger partial charge in [-0.05, 0) is 43.0 Å². The number of likely N-dealkylation sites (tertiary alicyclic amines) is 1. The number of amides is 1. The highest BCUT2D eigenvalue weighted by Crippen LogP contribution is 2.25. The predicted octanol–water partition coefficient (Wildman–Crippen LogP) is 4.07. The quantitative estimate of drug-likeness (QED) is 0.703. The summed E-state index contributed by atoms with van der Waals surface area (Å²) in [5.74, 6) is 0.487. The first kappa shape index (κ1) is 15.3. The van der Waals surface area contributed by atoms with Crippen LogP contribution in [0.1, 0.15) is 30.3 Å². The minimum absolute atomic E-state index is 0.0659. The number of fused-ring (bicyclic) bond motifs is 1. The number of carbonyl (C=O) groups excluding carboxylic acids is 1. The summed E-state index contributed by atoms with van der Waals surface area (Å²) in [7, 11) is 0. The second kappa shape index (κ2) is 6.02. The molecule has 3 aromatic rings. The van der Waals surface area contributed by atoms with Crippen LogP contribution in [0.25, 0.3) is 16.2 Å². The van der Waals surface area contributed by atoms with Gasteiger partial charge in [-0.2, -0.15) is 0 Å². The molecular formula is C18H18FN3OS. The van der Waals surface area contributed by atoms with E-state index in [0.29, 0.717) is 11.6 Å². The van der Waals surface area contributed by atoms with E-state index in [1.807, 2.05) is 20.9 Å². The van der Waals surface area contributed by atoms with E-state index >= 15 is 0 Å². The van der Waals surface area contributed by atoms with Crippen LogP contribution in [0.15, 0.2) is 35.8 Å². The Morgan fingerprint density at radius 3 is 2.67 bits per heavy atom. The molecule has 1 aliphatic rings. The lowest BCUT2D eigenvalue weighted by Crippen LogP contribution is -2.38. The Kier molecular flexibility index (Phi) is 3.84. The van der Waals surface area contributed by atoms with E-state index in [2.05, 4.69) is 11.9 Å². The van der Waals surface area contributed by atoms with Gasteiger partial charge in [-0.25, -0.2) is 9.37 Å². The molecule has 4 rings (SSSR count). The van der Waals surface area contributed by atoms with Crippen molar-refractivity contribution in [2.75, 3.05) is 13.1 Å². The van der Waals surface area contributed by atoms with Gasteiger partial charge in [-0.15, -0.1) is 11.3 Å². The van der Waals surface area contributed by atoms with E-state index < -0.39 is 0 Å². The van der Waals surface area contributed by atoms with Crippen molar-refractivity contribution in [3.8, 4) is 11.3 Å². The van der Waals surface area contributed by atoms with Gasteiger partial charge in [0.05, 0.1) is 5.69 Å². The molecule has 0 unspecified atom stereocenters. The highest BCUT2D eigenvalue weighted by Gasteiger charge is 2.24. The number of halogens is 1. The van der Waals surface area contributed by atoms with Crippen LogP contribution in [-0.4, -0.2) is 33.3 Å². The zero-order valence-corrected chi connectivity index (χ0v) is 14.2. The van der Waals surface area contributed by atoms with Crippen LogP contribution < -0.4 is 0 Å². The maximum Gasteiger partial charge on any atom is 0.271 e. The SMILES string of the molecule is CC1CCN(C(=O)c2csc3nc(-c4ccc(F)cc4)cn23)CC1. The van der Waals surface area contributed by atoms with E-state index in [9.17, 15) is 9.18 Å². The molecule has 1 saturated heterocycles. The molecule has 1 aliphatic heterocycles. The molecule has 0 N–H and O–H groups in total. The van der Waals surface area contributed by atoms with Gasteiger partial charge in [0.25, 0.3) is 5.91 Å². The molecule has 124 valence electrons. The number of hydrogen-bond acceptors (Lipinski definition) is 3. The normalized spacial score (nSPS) is 16.0. The average Bonchev–Trinajstić information content (AvgIpc) is 3.16. The zero-order chi connectivity index (χ0) is 16.7. The summed E-state index contributed by atoms with van der Waals surface area (Å²) in [6.45, 7) is 3.86. The second-order valence-corrected chi connectivity index (χ2v) is 7.22. The van der Waals surface area contributed by atoms with Gasteiger partial charge < -0.3 is 4.90 Å². The maximum atomic E-state index is 13.1. The molecular weight excluding hydrogens is 325 g/mol. The van der Waals surface area contributed by atoms with Crippen molar-refractivity contribution in [2.45, 2.75) is 19.8 Å². The second-order valence-electron chi connectivity index (χ2n) is 6.38. The number of piperidine rings is 1. The Labute approximate surface area is 143 Å². The van der Waals surface area contributed by atoms with Gasteiger partial charge in [0, 0.05) is 30.2 Å². The first-order chi connectivity index (χ1) is 11.6. The number of carbonyl (C=O) groups is 1. The Hall–Kier alpha value is -2.21. The third-order valence-corrected chi connectivity index (χ3v) is 5.48. The van der Waals surface area contributed by atoms with Crippen LogP contribution in [0, 0.1) is 11.7 Å². The van der Waals surface area contributed by atoms with Gasteiger partial charge >= 0.3 is 0 Å². The summed E-state index contributed by atoms with van der Waals surface area (Å²) in [4.78, 5) is 20.1. The van der Waals surface area contributed by atoms with E-state index in [4.69, 9.17) is 0 Å². The van der Waals surface area contributed by atoms with Crippen LogP contribution in [0.5, 0.6) is 0 Å². The Morgan fingerprint density at radius 2 is 1.96 bits per heavy atom. The van der Waals surface area contributed by atoms with Crippen molar-refractivity contribution in [1.29, 1.82) is 0 Å². The smallest absolute Gasteiger partial charge is 0.271 e. The molecule has 1 aromatic carbocycles. The van der Waals surface area contributed by atoms with Crippen LogP contribution >= 0.6 is 11.3 Å². The van der Waals surface area contributed by atoms with E-state index in [1.54, 1.807) is 12.1 Å². The number of imidazole rings is 1. The van der Waals surface area contributed by atoms with Crippen molar-refractivity contribution in [1.82, 2.24) is 14.3 Å². The van der Waals surface area contributed by atoms with Crippen molar-refractivity contribution in [3.63, 3.8) is 0 Å². The molecule has 1 fully saturated rings. The number of thiazole rings is 1. The van der Waals surface area contributed by atoms with Crippen LogP contribution in [-0.2, 0) is 0 Å². The zero-order valence-electron chi connectivity index (χ0n) is 13.4. The average molecular weight is 343 g/mol. The van der Waals surface area contributed by atoms with Gasteiger partial charge in [-0.3, -0.25) is 9.20 Å². The summed E-state index contributed by atoms with van der Waals surface area (Å²) in [6, 6.07) is 6.25. The van der Waals surface area contributed by atoms with Gasteiger partial charge in [0.15, 0.2) is 4.96 Å². The Morgan fingerprint density at radius 1 is 1.25 bits per heavy atom.